The molecule has 0 spiro atoms. The molecule has 0 unspecified atom stereocenters. The molecule has 0 fully saturated rings. The van der Waals surface area contributed by atoms with Crippen molar-refractivity contribution in [3.05, 3.63) is 34.4 Å². The lowest BCUT2D eigenvalue weighted by atomic mass is 10.0. The van der Waals surface area contributed by atoms with Crippen molar-refractivity contribution in [2.24, 2.45) is 5.92 Å². The first-order valence-electron chi connectivity index (χ1n) is 5.82. The fourth-order valence-electron chi connectivity index (χ4n) is 1.48. The molecule has 0 bridgehead atoms. The van der Waals surface area contributed by atoms with Crippen LogP contribution in [-0.4, -0.2) is 11.9 Å². The molecule has 1 amide bonds. The Bertz CT molecular complexity index is 451. The van der Waals surface area contributed by atoms with E-state index in [9.17, 15) is 13.6 Å². The Kier molecular flexibility index (Phi) is 5.08. The summed E-state index contributed by atoms with van der Waals surface area (Å²) in [7, 11) is 0. The highest BCUT2D eigenvalue weighted by molar-refractivity contribution is 6.33. The maximum atomic E-state index is 13.1. The van der Waals surface area contributed by atoms with Crippen LogP contribution in [0.1, 0.15) is 37.6 Å². The quantitative estimate of drug-likeness (QED) is 0.833. The van der Waals surface area contributed by atoms with Crippen LogP contribution in [0.5, 0.6) is 0 Å². The molecule has 100 valence electrons. The molecule has 5 heteroatoms. The van der Waals surface area contributed by atoms with Crippen LogP contribution in [0.15, 0.2) is 12.1 Å². The van der Waals surface area contributed by atoms with E-state index in [1.165, 1.54) is 0 Å². The molecule has 0 aliphatic rings. The predicted octanol–water partition coefficient (Wildman–Crippen LogP) is 3.78. The molecule has 1 N–H and O–H groups in total. The number of hydrogen-bond acceptors (Lipinski definition) is 1. The largest absolute Gasteiger partial charge is 0.349 e. The van der Waals surface area contributed by atoms with Crippen LogP contribution < -0.4 is 5.32 Å². The number of halogens is 3. The molecule has 0 saturated carbocycles. The monoisotopic (exact) mass is 275 g/mol. The van der Waals surface area contributed by atoms with Crippen molar-refractivity contribution in [2.45, 2.75) is 33.2 Å². The zero-order valence-corrected chi connectivity index (χ0v) is 11.3. The molecular weight excluding hydrogens is 260 g/mol. The number of carbonyl (C=O) groups excluding carboxylic acids is 1. The summed E-state index contributed by atoms with van der Waals surface area (Å²) in [5.41, 5.74) is -0.0503. The second kappa shape index (κ2) is 6.14. The van der Waals surface area contributed by atoms with Crippen molar-refractivity contribution < 1.29 is 13.6 Å². The van der Waals surface area contributed by atoms with Gasteiger partial charge in [-0.1, -0.05) is 31.9 Å². The summed E-state index contributed by atoms with van der Waals surface area (Å²) >= 11 is 5.73. The molecule has 1 aromatic carbocycles. The Hall–Kier alpha value is -1.16. The number of rotatable bonds is 4. The van der Waals surface area contributed by atoms with Crippen LogP contribution in [0.3, 0.4) is 0 Å². The van der Waals surface area contributed by atoms with Crippen LogP contribution in [0, 0.1) is 17.6 Å². The van der Waals surface area contributed by atoms with Gasteiger partial charge >= 0.3 is 0 Å². The van der Waals surface area contributed by atoms with Crippen LogP contribution in [0.4, 0.5) is 8.78 Å². The third kappa shape index (κ3) is 3.42. The first kappa shape index (κ1) is 14.9. The first-order chi connectivity index (χ1) is 8.36. The second-order valence-corrected chi connectivity index (χ2v) is 4.80. The highest BCUT2D eigenvalue weighted by Gasteiger charge is 2.18. The van der Waals surface area contributed by atoms with Crippen LogP contribution in [0.25, 0.3) is 0 Å². The molecule has 1 aromatic rings. The lowest BCUT2D eigenvalue weighted by molar-refractivity contribution is 0.0927. The molecule has 0 saturated heterocycles. The number of benzene rings is 1. The van der Waals surface area contributed by atoms with E-state index in [4.69, 9.17) is 11.6 Å². The van der Waals surface area contributed by atoms with Gasteiger partial charge in [-0.3, -0.25) is 4.79 Å². The topological polar surface area (TPSA) is 29.1 Å². The summed E-state index contributed by atoms with van der Waals surface area (Å²) in [6.45, 7) is 5.87. The molecular formula is C13H16ClF2NO. The van der Waals surface area contributed by atoms with Crippen molar-refractivity contribution >= 4 is 17.5 Å². The van der Waals surface area contributed by atoms with Gasteiger partial charge in [-0.2, -0.15) is 0 Å². The Morgan fingerprint density at radius 1 is 1.33 bits per heavy atom. The smallest absolute Gasteiger partial charge is 0.253 e. The predicted molar refractivity (Wildman–Crippen MR) is 67.8 cm³/mol. The van der Waals surface area contributed by atoms with E-state index in [0.29, 0.717) is 0 Å². The standard InChI is InChI=1S/C13H16ClF2NO/c1-4-7(2)8(3)17-13(18)9-5-11(15)12(16)6-10(9)14/h5-8H,4H2,1-3H3,(H,17,18)/t7-,8-/m0/s1. The molecule has 1 rings (SSSR count). The van der Waals surface area contributed by atoms with Gasteiger partial charge in [0.15, 0.2) is 11.6 Å². The number of carbonyl (C=O) groups is 1. The SMILES string of the molecule is CC[C@H](C)[C@H](C)NC(=O)c1cc(F)c(F)cc1Cl. The summed E-state index contributed by atoms with van der Waals surface area (Å²) in [4.78, 5) is 11.9. The number of nitrogens with one attached hydrogen (secondary N) is 1. The molecule has 0 aromatic heterocycles. The van der Waals surface area contributed by atoms with Gasteiger partial charge < -0.3 is 5.32 Å². The van der Waals surface area contributed by atoms with Crippen LogP contribution >= 0.6 is 11.6 Å². The summed E-state index contributed by atoms with van der Waals surface area (Å²) in [6, 6.07) is 1.56. The molecule has 0 aliphatic heterocycles. The number of amides is 1. The van der Waals surface area contributed by atoms with E-state index in [-0.39, 0.29) is 22.5 Å². The van der Waals surface area contributed by atoms with E-state index in [1.54, 1.807) is 0 Å². The fourth-order valence-corrected chi connectivity index (χ4v) is 1.71. The van der Waals surface area contributed by atoms with Crippen molar-refractivity contribution in [3.63, 3.8) is 0 Å². The Morgan fingerprint density at radius 3 is 2.44 bits per heavy atom. The van der Waals surface area contributed by atoms with Gasteiger partial charge in [-0.05, 0) is 25.0 Å². The minimum atomic E-state index is -1.08. The van der Waals surface area contributed by atoms with Gasteiger partial charge in [-0.15, -0.1) is 0 Å². The molecule has 2 nitrogen and oxygen atoms in total. The molecule has 2 atom stereocenters. The lowest BCUT2D eigenvalue weighted by Crippen LogP contribution is -2.37. The van der Waals surface area contributed by atoms with Crippen LogP contribution in [-0.2, 0) is 0 Å². The average Bonchev–Trinajstić information content (AvgIpc) is 2.32. The van der Waals surface area contributed by atoms with Gasteiger partial charge in [0, 0.05) is 6.04 Å². The normalized spacial score (nSPS) is 14.1. The van der Waals surface area contributed by atoms with Crippen molar-refractivity contribution in [2.75, 3.05) is 0 Å². The minimum Gasteiger partial charge on any atom is -0.349 e. The summed E-state index contributed by atoms with van der Waals surface area (Å²) in [6.07, 6.45) is 0.910. The first-order valence-corrected chi connectivity index (χ1v) is 6.20. The van der Waals surface area contributed by atoms with E-state index >= 15 is 0 Å². The molecule has 0 heterocycles. The van der Waals surface area contributed by atoms with E-state index in [0.717, 1.165) is 18.6 Å². The minimum absolute atomic E-state index is 0.0503. The summed E-state index contributed by atoms with van der Waals surface area (Å²) < 4.78 is 25.9. The Labute approximate surface area is 110 Å². The second-order valence-electron chi connectivity index (χ2n) is 4.39. The maximum Gasteiger partial charge on any atom is 0.253 e. The summed E-state index contributed by atoms with van der Waals surface area (Å²) in [5.74, 6) is -2.35. The fraction of sp³-hybridized carbons (Fsp3) is 0.462. The zero-order chi connectivity index (χ0) is 13.9. The third-order valence-electron chi connectivity index (χ3n) is 3.11. The van der Waals surface area contributed by atoms with Crippen molar-refractivity contribution in [3.8, 4) is 0 Å². The highest BCUT2D eigenvalue weighted by atomic mass is 35.5. The zero-order valence-electron chi connectivity index (χ0n) is 10.6. The van der Waals surface area contributed by atoms with Crippen LogP contribution in [0.2, 0.25) is 5.02 Å². The highest BCUT2D eigenvalue weighted by Crippen LogP contribution is 2.20. The van der Waals surface area contributed by atoms with E-state index in [1.807, 2.05) is 20.8 Å². The van der Waals surface area contributed by atoms with E-state index in [2.05, 4.69) is 5.32 Å². The summed E-state index contributed by atoms with van der Waals surface area (Å²) in [5, 5.41) is 2.63. The van der Waals surface area contributed by atoms with Gasteiger partial charge in [0.05, 0.1) is 10.6 Å². The van der Waals surface area contributed by atoms with Crippen molar-refractivity contribution in [1.82, 2.24) is 5.32 Å². The van der Waals surface area contributed by atoms with Gasteiger partial charge in [0.25, 0.3) is 5.91 Å². The van der Waals surface area contributed by atoms with Gasteiger partial charge in [-0.25, -0.2) is 8.78 Å². The molecule has 18 heavy (non-hydrogen) atoms. The average molecular weight is 276 g/mol. The maximum absolute atomic E-state index is 13.1. The molecule has 0 radical (unpaired) electrons. The van der Waals surface area contributed by atoms with Crippen molar-refractivity contribution in [1.29, 1.82) is 0 Å². The van der Waals surface area contributed by atoms with Gasteiger partial charge in [0.2, 0.25) is 0 Å². The van der Waals surface area contributed by atoms with E-state index < -0.39 is 17.5 Å². The molecule has 0 aliphatic carbocycles. The Morgan fingerprint density at radius 2 is 1.89 bits per heavy atom. The lowest BCUT2D eigenvalue weighted by Gasteiger charge is -2.20. The Balaban J connectivity index is 2.88. The van der Waals surface area contributed by atoms with Gasteiger partial charge in [0.1, 0.15) is 0 Å². The third-order valence-corrected chi connectivity index (χ3v) is 3.42. The number of hydrogen-bond donors (Lipinski definition) is 1.